The van der Waals surface area contributed by atoms with Gasteiger partial charge in [0, 0.05) is 0 Å². The molecule has 3 rings (SSSR count). The third-order valence-electron chi connectivity index (χ3n) is 5.32. The summed E-state index contributed by atoms with van der Waals surface area (Å²) in [5, 5.41) is 12.2. The smallest absolute Gasteiger partial charge is 0.276 e. The Balaban J connectivity index is 1.54. The fraction of sp³-hybridized carbons (Fsp3) is 0.556. The van der Waals surface area contributed by atoms with Gasteiger partial charge < -0.3 is 10.2 Å². The van der Waals surface area contributed by atoms with Crippen molar-refractivity contribution < 1.29 is 22.5 Å². The van der Waals surface area contributed by atoms with E-state index in [2.05, 4.69) is 11.4 Å². The predicted molar refractivity (Wildman–Crippen MR) is 95.7 cm³/mol. The Bertz CT molecular complexity index is 838. The number of hydrogen-bond donors (Lipinski definition) is 2. The highest BCUT2D eigenvalue weighted by Crippen LogP contribution is 2.28. The zero-order valence-electron chi connectivity index (χ0n) is 15.1. The Morgan fingerprint density at radius 2 is 1.96 bits per heavy atom. The SMILES string of the molecule is N#CC1(NC(=O)C[NH+]2CCN(S(=O)(=O)c3cccc(F)c3)CC2)CCCC1. The number of benzene rings is 1. The fourth-order valence-electron chi connectivity index (χ4n) is 3.78. The maximum absolute atomic E-state index is 13.3. The number of rotatable bonds is 5. The number of nitriles is 1. The van der Waals surface area contributed by atoms with Gasteiger partial charge in [0.1, 0.15) is 11.4 Å². The maximum Gasteiger partial charge on any atom is 0.276 e. The van der Waals surface area contributed by atoms with Gasteiger partial charge >= 0.3 is 0 Å². The molecule has 0 unspecified atom stereocenters. The van der Waals surface area contributed by atoms with Crippen LogP contribution in [0.2, 0.25) is 0 Å². The van der Waals surface area contributed by atoms with Gasteiger partial charge in [-0.1, -0.05) is 6.07 Å². The highest BCUT2D eigenvalue weighted by atomic mass is 32.2. The molecule has 1 amide bonds. The van der Waals surface area contributed by atoms with Crippen LogP contribution in [-0.2, 0) is 14.8 Å². The minimum atomic E-state index is -3.73. The number of carbonyl (C=O) groups excluding carboxylic acids is 1. The number of hydrogen-bond acceptors (Lipinski definition) is 4. The first-order chi connectivity index (χ1) is 12.8. The molecule has 0 atom stereocenters. The number of carbonyl (C=O) groups is 1. The fourth-order valence-corrected chi connectivity index (χ4v) is 5.25. The van der Waals surface area contributed by atoms with Crippen molar-refractivity contribution in [1.82, 2.24) is 9.62 Å². The van der Waals surface area contributed by atoms with Crippen molar-refractivity contribution in [2.24, 2.45) is 0 Å². The van der Waals surface area contributed by atoms with Crippen LogP contribution in [0.25, 0.3) is 0 Å². The second-order valence-electron chi connectivity index (χ2n) is 7.24. The molecular weight excluding hydrogens is 371 g/mol. The van der Waals surface area contributed by atoms with Crippen LogP contribution in [0, 0.1) is 17.1 Å². The van der Waals surface area contributed by atoms with Gasteiger partial charge in [0.2, 0.25) is 10.0 Å². The highest BCUT2D eigenvalue weighted by Gasteiger charge is 2.37. The number of sulfonamides is 1. The standard InChI is InChI=1S/C18H23FN4O3S/c19-15-4-3-5-16(12-15)27(25,26)23-10-8-22(9-11-23)13-17(24)21-18(14-20)6-1-2-7-18/h3-5,12H,1-2,6-11,13H2,(H,21,24)/p+1. The monoisotopic (exact) mass is 395 g/mol. The van der Waals surface area contributed by atoms with Crippen molar-refractivity contribution in [3.8, 4) is 6.07 Å². The Labute approximate surface area is 158 Å². The first-order valence-corrected chi connectivity index (χ1v) is 10.6. The Hall–Kier alpha value is -2.02. The molecule has 0 aromatic heterocycles. The van der Waals surface area contributed by atoms with E-state index in [1.165, 1.54) is 22.5 Å². The van der Waals surface area contributed by atoms with E-state index in [4.69, 9.17) is 0 Å². The molecule has 1 aliphatic carbocycles. The second-order valence-corrected chi connectivity index (χ2v) is 9.18. The molecule has 0 bridgehead atoms. The summed E-state index contributed by atoms with van der Waals surface area (Å²) in [7, 11) is -3.73. The summed E-state index contributed by atoms with van der Waals surface area (Å²) in [6, 6.07) is 7.22. The van der Waals surface area contributed by atoms with Gasteiger partial charge in [-0.2, -0.15) is 9.57 Å². The number of nitrogens with one attached hydrogen (secondary N) is 2. The lowest BCUT2D eigenvalue weighted by molar-refractivity contribution is -0.895. The second kappa shape index (κ2) is 7.92. The summed E-state index contributed by atoms with van der Waals surface area (Å²) in [5.74, 6) is -0.759. The van der Waals surface area contributed by atoms with E-state index in [0.717, 1.165) is 23.8 Å². The van der Waals surface area contributed by atoms with Crippen LogP contribution in [0.4, 0.5) is 4.39 Å². The molecule has 0 radical (unpaired) electrons. The zero-order chi connectivity index (χ0) is 19.5. The van der Waals surface area contributed by atoms with Gasteiger partial charge in [-0.3, -0.25) is 4.79 Å². The van der Waals surface area contributed by atoms with Crippen molar-refractivity contribution in [2.75, 3.05) is 32.7 Å². The molecule has 1 heterocycles. The molecule has 2 N–H and O–H groups in total. The minimum Gasteiger partial charge on any atom is -0.333 e. The van der Waals surface area contributed by atoms with Crippen LogP contribution in [0.1, 0.15) is 25.7 Å². The van der Waals surface area contributed by atoms with Gasteiger partial charge in [-0.25, -0.2) is 12.8 Å². The number of quaternary nitrogens is 1. The van der Waals surface area contributed by atoms with Crippen molar-refractivity contribution in [2.45, 2.75) is 36.1 Å². The van der Waals surface area contributed by atoms with E-state index in [9.17, 15) is 22.9 Å². The summed E-state index contributed by atoms with van der Waals surface area (Å²) in [6.45, 7) is 1.73. The Kier molecular flexibility index (Phi) is 5.79. The third-order valence-corrected chi connectivity index (χ3v) is 7.22. The van der Waals surface area contributed by atoms with Crippen molar-refractivity contribution >= 4 is 15.9 Å². The number of halogens is 1. The van der Waals surface area contributed by atoms with Crippen molar-refractivity contribution in [3.05, 3.63) is 30.1 Å². The molecule has 9 heteroatoms. The average Bonchev–Trinajstić information content (AvgIpc) is 3.11. The summed E-state index contributed by atoms with van der Waals surface area (Å²) in [4.78, 5) is 13.2. The molecule has 146 valence electrons. The molecular formula is C18H24FN4O3S+. The van der Waals surface area contributed by atoms with Gasteiger partial charge in [0.05, 0.1) is 37.1 Å². The molecule has 7 nitrogen and oxygen atoms in total. The lowest BCUT2D eigenvalue weighted by atomic mass is 10.00. The molecule has 2 fully saturated rings. The molecule has 1 saturated carbocycles. The van der Waals surface area contributed by atoms with Gasteiger partial charge in [0.25, 0.3) is 5.91 Å². The van der Waals surface area contributed by atoms with E-state index in [-0.39, 0.29) is 30.4 Å². The van der Waals surface area contributed by atoms with Crippen molar-refractivity contribution in [1.29, 1.82) is 5.26 Å². The van der Waals surface area contributed by atoms with E-state index in [1.54, 1.807) is 0 Å². The van der Waals surface area contributed by atoms with Gasteiger partial charge in [-0.15, -0.1) is 0 Å². The molecule has 1 aromatic carbocycles. The number of nitrogens with zero attached hydrogens (tertiary/aromatic N) is 2. The van der Waals surface area contributed by atoms with Gasteiger partial charge in [0.15, 0.2) is 6.54 Å². The molecule has 0 spiro atoms. The topological polar surface area (TPSA) is 94.7 Å². The van der Waals surface area contributed by atoms with Crippen LogP contribution in [0.5, 0.6) is 0 Å². The average molecular weight is 395 g/mol. The first-order valence-electron chi connectivity index (χ1n) is 9.16. The number of piperazine rings is 1. The quantitative estimate of drug-likeness (QED) is 0.714. The summed E-state index contributed by atoms with van der Waals surface area (Å²) in [6.07, 6.45) is 3.25. The molecule has 27 heavy (non-hydrogen) atoms. The summed E-state index contributed by atoms with van der Waals surface area (Å²) < 4.78 is 39.9. The van der Waals surface area contributed by atoms with E-state index >= 15 is 0 Å². The minimum absolute atomic E-state index is 0.0547. The normalized spacial score (nSPS) is 20.9. The van der Waals surface area contributed by atoms with E-state index in [1.807, 2.05) is 0 Å². The zero-order valence-corrected chi connectivity index (χ0v) is 15.9. The van der Waals surface area contributed by atoms with Crippen LogP contribution < -0.4 is 10.2 Å². The lowest BCUT2D eigenvalue weighted by Crippen LogP contribution is -3.16. The highest BCUT2D eigenvalue weighted by molar-refractivity contribution is 7.89. The lowest BCUT2D eigenvalue weighted by Gasteiger charge is -2.32. The van der Waals surface area contributed by atoms with E-state index < -0.39 is 21.4 Å². The van der Waals surface area contributed by atoms with E-state index in [0.29, 0.717) is 25.9 Å². The van der Waals surface area contributed by atoms with Crippen LogP contribution in [0.15, 0.2) is 29.2 Å². The van der Waals surface area contributed by atoms with Gasteiger partial charge in [-0.05, 0) is 43.9 Å². The Morgan fingerprint density at radius 3 is 2.56 bits per heavy atom. The summed E-state index contributed by atoms with van der Waals surface area (Å²) >= 11 is 0. The van der Waals surface area contributed by atoms with Crippen molar-refractivity contribution in [3.63, 3.8) is 0 Å². The third kappa shape index (κ3) is 4.46. The maximum atomic E-state index is 13.3. The predicted octanol–water partition coefficient (Wildman–Crippen LogP) is -0.333. The molecule has 1 aliphatic heterocycles. The van der Waals surface area contributed by atoms with Crippen LogP contribution in [0.3, 0.4) is 0 Å². The largest absolute Gasteiger partial charge is 0.333 e. The number of amides is 1. The molecule has 1 saturated heterocycles. The molecule has 2 aliphatic rings. The molecule has 1 aromatic rings. The first kappa shape index (κ1) is 19.7. The van der Waals surface area contributed by atoms with Crippen LogP contribution in [-0.4, -0.2) is 56.9 Å². The summed E-state index contributed by atoms with van der Waals surface area (Å²) in [5.41, 5.74) is -0.737. The Morgan fingerprint density at radius 1 is 1.30 bits per heavy atom. The van der Waals surface area contributed by atoms with Crippen LogP contribution >= 0.6 is 0 Å².